The van der Waals surface area contributed by atoms with Crippen molar-refractivity contribution in [2.24, 2.45) is 5.92 Å². The summed E-state index contributed by atoms with van der Waals surface area (Å²) in [5.74, 6) is -0.543. The molecule has 1 atom stereocenters. The van der Waals surface area contributed by atoms with Gasteiger partial charge in [-0.25, -0.2) is 13.1 Å². The van der Waals surface area contributed by atoms with Gasteiger partial charge in [-0.3, -0.25) is 0 Å². The average molecular weight is 343 g/mol. The first-order valence-corrected chi connectivity index (χ1v) is 9.14. The lowest BCUT2D eigenvalue weighted by atomic mass is 10.2. The molecule has 0 fully saturated rings. The van der Waals surface area contributed by atoms with Gasteiger partial charge in [-0.2, -0.15) is 5.10 Å². The van der Waals surface area contributed by atoms with E-state index in [1.165, 1.54) is 4.68 Å². The molecule has 0 aliphatic heterocycles. The minimum absolute atomic E-state index is 0.0736. The van der Waals surface area contributed by atoms with Crippen molar-refractivity contribution in [1.82, 2.24) is 9.78 Å². The molecule has 1 N–H and O–H groups in total. The standard InChI is InChI=1S/C15H19ClN2O3S/c1-11(8-19)9-22(20,21)10-14-12(2)17-18(15(14)16)13-6-4-3-5-7-13/h3-7,11,19H,8-10H2,1-2H3. The Morgan fingerprint density at radius 2 is 1.95 bits per heavy atom. The maximum absolute atomic E-state index is 12.2. The summed E-state index contributed by atoms with van der Waals surface area (Å²) in [6, 6.07) is 9.31. The zero-order valence-corrected chi connectivity index (χ0v) is 14.1. The van der Waals surface area contributed by atoms with E-state index in [-0.39, 0.29) is 24.0 Å². The molecule has 7 heteroatoms. The smallest absolute Gasteiger partial charge is 0.154 e. The molecule has 0 bridgehead atoms. The van der Waals surface area contributed by atoms with Gasteiger partial charge in [-0.1, -0.05) is 36.7 Å². The van der Waals surface area contributed by atoms with Crippen LogP contribution in [0, 0.1) is 12.8 Å². The summed E-state index contributed by atoms with van der Waals surface area (Å²) in [6.45, 7) is 3.28. The number of nitrogens with zero attached hydrogens (tertiary/aromatic N) is 2. The van der Waals surface area contributed by atoms with Gasteiger partial charge in [0.2, 0.25) is 0 Å². The van der Waals surface area contributed by atoms with E-state index in [1.54, 1.807) is 13.8 Å². The molecule has 0 saturated carbocycles. The Hall–Kier alpha value is -1.37. The summed E-state index contributed by atoms with van der Waals surface area (Å²) in [5, 5.41) is 13.7. The third kappa shape index (κ3) is 3.88. The minimum atomic E-state index is -3.36. The molecule has 1 heterocycles. The highest BCUT2D eigenvalue weighted by Gasteiger charge is 2.22. The van der Waals surface area contributed by atoms with Crippen molar-refractivity contribution in [2.45, 2.75) is 19.6 Å². The van der Waals surface area contributed by atoms with Gasteiger partial charge in [-0.05, 0) is 25.0 Å². The van der Waals surface area contributed by atoms with E-state index in [9.17, 15) is 8.42 Å². The van der Waals surface area contributed by atoms with Crippen LogP contribution in [0.15, 0.2) is 30.3 Å². The van der Waals surface area contributed by atoms with Gasteiger partial charge in [0.15, 0.2) is 9.84 Å². The molecule has 0 saturated heterocycles. The molecule has 0 aliphatic carbocycles. The Morgan fingerprint density at radius 3 is 2.55 bits per heavy atom. The molecule has 120 valence electrons. The van der Waals surface area contributed by atoms with Gasteiger partial charge >= 0.3 is 0 Å². The van der Waals surface area contributed by atoms with Crippen LogP contribution in [0.1, 0.15) is 18.2 Å². The highest BCUT2D eigenvalue weighted by atomic mass is 35.5. The number of hydrogen-bond donors (Lipinski definition) is 1. The third-order valence-electron chi connectivity index (χ3n) is 3.34. The summed E-state index contributed by atoms with van der Waals surface area (Å²) in [7, 11) is -3.36. The van der Waals surface area contributed by atoms with E-state index in [0.717, 1.165) is 5.69 Å². The van der Waals surface area contributed by atoms with Crippen molar-refractivity contribution in [2.75, 3.05) is 12.4 Å². The molecule has 0 spiro atoms. The second-order valence-electron chi connectivity index (χ2n) is 5.44. The van der Waals surface area contributed by atoms with Crippen LogP contribution < -0.4 is 0 Å². The van der Waals surface area contributed by atoms with E-state index in [2.05, 4.69) is 5.10 Å². The molecule has 2 rings (SSSR count). The first-order valence-electron chi connectivity index (χ1n) is 6.94. The van der Waals surface area contributed by atoms with E-state index in [0.29, 0.717) is 16.4 Å². The van der Waals surface area contributed by atoms with E-state index in [1.807, 2.05) is 30.3 Å². The zero-order valence-electron chi connectivity index (χ0n) is 12.5. The largest absolute Gasteiger partial charge is 0.396 e. The van der Waals surface area contributed by atoms with Crippen molar-refractivity contribution in [1.29, 1.82) is 0 Å². The second-order valence-corrected chi connectivity index (χ2v) is 7.91. The number of aliphatic hydroxyl groups is 1. The Bertz CT molecular complexity index is 742. The zero-order chi connectivity index (χ0) is 16.3. The average Bonchev–Trinajstić information content (AvgIpc) is 2.75. The Kier molecular flexibility index (Phi) is 5.26. The summed E-state index contributed by atoms with van der Waals surface area (Å²) < 4.78 is 26.0. The number of aromatic nitrogens is 2. The predicted octanol–water partition coefficient (Wildman–Crippen LogP) is 2.38. The van der Waals surface area contributed by atoms with Crippen molar-refractivity contribution >= 4 is 21.4 Å². The van der Waals surface area contributed by atoms with Gasteiger partial charge in [0.1, 0.15) is 5.15 Å². The fourth-order valence-corrected chi connectivity index (χ4v) is 4.49. The summed E-state index contributed by atoms with van der Waals surface area (Å²) in [5.41, 5.74) is 1.88. The molecule has 0 amide bonds. The van der Waals surface area contributed by atoms with Crippen LogP contribution in [0.2, 0.25) is 5.15 Å². The van der Waals surface area contributed by atoms with Crippen molar-refractivity contribution < 1.29 is 13.5 Å². The Morgan fingerprint density at radius 1 is 1.32 bits per heavy atom. The molecule has 2 aromatic rings. The first-order chi connectivity index (χ1) is 10.3. The fraction of sp³-hybridized carbons (Fsp3) is 0.400. The van der Waals surface area contributed by atoms with Crippen LogP contribution in [0.5, 0.6) is 0 Å². The van der Waals surface area contributed by atoms with E-state index in [4.69, 9.17) is 16.7 Å². The first kappa shape index (κ1) is 17.0. The van der Waals surface area contributed by atoms with Crippen molar-refractivity contribution in [3.8, 4) is 5.69 Å². The van der Waals surface area contributed by atoms with Crippen LogP contribution in [0.4, 0.5) is 0 Å². The fourth-order valence-electron chi connectivity index (χ4n) is 2.20. The van der Waals surface area contributed by atoms with Crippen molar-refractivity contribution in [3.05, 3.63) is 46.7 Å². The maximum Gasteiger partial charge on any atom is 0.154 e. The Labute approximate surface area is 135 Å². The van der Waals surface area contributed by atoms with Gasteiger partial charge in [-0.15, -0.1) is 0 Å². The molecular formula is C15H19ClN2O3S. The molecule has 0 aliphatic rings. The van der Waals surface area contributed by atoms with E-state index >= 15 is 0 Å². The lowest BCUT2D eigenvalue weighted by molar-refractivity contribution is 0.249. The highest BCUT2D eigenvalue weighted by molar-refractivity contribution is 7.90. The minimum Gasteiger partial charge on any atom is -0.396 e. The maximum atomic E-state index is 12.2. The van der Waals surface area contributed by atoms with Gasteiger partial charge in [0, 0.05) is 12.2 Å². The molecule has 1 aromatic heterocycles. The molecule has 5 nitrogen and oxygen atoms in total. The quantitative estimate of drug-likeness (QED) is 0.874. The molecule has 0 radical (unpaired) electrons. The second kappa shape index (κ2) is 6.81. The number of benzene rings is 1. The van der Waals surface area contributed by atoms with Gasteiger partial charge < -0.3 is 5.11 Å². The normalized spacial score (nSPS) is 13.3. The number of hydrogen-bond acceptors (Lipinski definition) is 4. The number of aliphatic hydroxyl groups excluding tert-OH is 1. The van der Waals surface area contributed by atoms with Crippen LogP contribution in [0.3, 0.4) is 0 Å². The SMILES string of the molecule is Cc1nn(-c2ccccc2)c(Cl)c1CS(=O)(=O)CC(C)CO. The topological polar surface area (TPSA) is 72.2 Å². The Balaban J connectivity index is 2.32. The monoisotopic (exact) mass is 342 g/mol. The third-order valence-corrected chi connectivity index (χ3v) is 5.53. The van der Waals surface area contributed by atoms with Crippen LogP contribution in [-0.2, 0) is 15.6 Å². The van der Waals surface area contributed by atoms with Crippen LogP contribution in [-0.4, -0.2) is 35.7 Å². The number of para-hydroxylation sites is 1. The van der Waals surface area contributed by atoms with Crippen LogP contribution in [0.25, 0.3) is 5.69 Å². The summed E-state index contributed by atoms with van der Waals surface area (Å²) >= 11 is 6.33. The number of halogens is 1. The van der Waals surface area contributed by atoms with E-state index < -0.39 is 9.84 Å². The summed E-state index contributed by atoms with van der Waals surface area (Å²) in [4.78, 5) is 0. The molecular weight excluding hydrogens is 324 g/mol. The summed E-state index contributed by atoms with van der Waals surface area (Å²) in [6.07, 6.45) is 0. The predicted molar refractivity (Wildman–Crippen MR) is 87.1 cm³/mol. The lowest BCUT2D eigenvalue weighted by Gasteiger charge is -2.09. The molecule has 1 aromatic carbocycles. The van der Waals surface area contributed by atoms with Gasteiger partial charge in [0.05, 0.1) is 22.9 Å². The van der Waals surface area contributed by atoms with Gasteiger partial charge in [0.25, 0.3) is 0 Å². The number of aryl methyl sites for hydroxylation is 1. The van der Waals surface area contributed by atoms with Crippen molar-refractivity contribution in [3.63, 3.8) is 0 Å². The highest BCUT2D eigenvalue weighted by Crippen LogP contribution is 2.25. The number of sulfone groups is 1. The molecule has 22 heavy (non-hydrogen) atoms. The lowest BCUT2D eigenvalue weighted by Crippen LogP contribution is -2.18. The number of rotatable bonds is 6. The molecule has 1 unspecified atom stereocenters. The van der Waals surface area contributed by atoms with Crippen LogP contribution >= 0.6 is 11.6 Å².